The van der Waals surface area contributed by atoms with Crippen LogP contribution in [0.25, 0.3) is 21.3 Å². The molecule has 1 aromatic carbocycles. The Morgan fingerprint density at radius 3 is 2.89 bits per heavy atom. The molecular formula is C13H14N4S. The van der Waals surface area contributed by atoms with Gasteiger partial charge in [0.25, 0.3) is 0 Å². The zero-order valence-electron chi connectivity index (χ0n) is 10.3. The largest absolute Gasteiger partial charge is 0.383 e. The number of hydrogen-bond acceptors (Lipinski definition) is 4. The van der Waals surface area contributed by atoms with E-state index in [1.807, 2.05) is 13.1 Å². The van der Waals surface area contributed by atoms with Crippen LogP contribution in [0.15, 0.2) is 24.4 Å². The van der Waals surface area contributed by atoms with Crippen LogP contribution in [-0.4, -0.2) is 14.8 Å². The molecule has 2 heterocycles. The van der Waals surface area contributed by atoms with Gasteiger partial charge in [-0.15, -0.1) is 11.3 Å². The van der Waals surface area contributed by atoms with Crippen molar-refractivity contribution in [1.29, 1.82) is 0 Å². The summed E-state index contributed by atoms with van der Waals surface area (Å²) < 4.78 is 2.89. The molecule has 0 bridgehead atoms. The SMILES string of the molecule is CCc1nc2ccc(-c3cnn(C)c3N)cc2s1. The molecule has 3 rings (SSSR count). The Balaban J connectivity index is 2.15. The molecule has 0 aliphatic carbocycles. The molecule has 3 aromatic rings. The molecule has 5 heteroatoms. The van der Waals surface area contributed by atoms with E-state index < -0.39 is 0 Å². The normalized spacial score (nSPS) is 11.2. The van der Waals surface area contributed by atoms with Gasteiger partial charge in [0.15, 0.2) is 0 Å². The van der Waals surface area contributed by atoms with E-state index in [1.165, 1.54) is 9.71 Å². The summed E-state index contributed by atoms with van der Waals surface area (Å²) in [5, 5.41) is 5.34. The highest BCUT2D eigenvalue weighted by Gasteiger charge is 2.09. The molecule has 0 fully saturated rings. The molecule has 0 aliphatic rings. The van der Waals surface area contributed by atoms with Gasteiger partial charge in [-0.1, -0.05) is 13.0 Å². The van der Waals surface area contributed by atoms with Gasteiger partial charge in [-0.2, -0.15) is 5.10 Å². The van der Waals surface area contributed by atoms with Crippen LogP contribution in [-0.2, 0) is 13.5 Å². The Labute approximate surface area is 109 Å². The van der Waals surface area contributed by atoms with Crippen LogP contribution in [0.4, 0.5) is 5.82 Å². The number of nitrogens with two attached hydrogens (primary N) is 1. The topological polar surface area (TPSA) is 56.7 Å². The number of fused-ring (bicyclic) bond motifs is 1. The van der Waals surface area contributed by atoms with Gasteiger partial charge in [-0.05, 0) is 24.1 Å². The quantitative estimate of drug-likeness (QED) is 0.769. The van der Waals surface area contributed by atoms with Crippen LogP contribution in [0.3, 0.4) is 0 Å². The molecule has 4 nitrogen and oxygen atoms in total. The predicted octanol–water partition coefficient (Wildman–Crippen LogP) is 2.84. The molecule has 2 N–H and O–H groups in total. The minimum Gasteiger partial charge on any atom is -0.383 e. The Kier molecular flexibility index (Phi) is 2.56. The molecule has 0 saturated carbocycles. The summed E-state index contributed by atoms with van der Waals surface area (Å²) in [4.78, 5) is 4.56. The summed E-state index contributed by atoms with van der Waals surface area (Å²) in [6.45, 7) is 2.12. The summed E-state index contributed by atoms with van der Waals surface area (Å²) in [6, 6.07) is 6.24. The minimum atomic E-state index is 0.689. The Hall–Kier alpha value is -1.88. The Morgan fingerprint density at radius 1 is 1.39 bits per heavy atom. The van der Waals surface area contributed by atoms with E-state index in [0.717, 1.165) is 23.1 Å². The minimum absolute atomic E-state index is 0.689. The lowest BCUT2D eigenvalue weighted by Gasteiger charge is -2.00. The standard InChI is InChI=1S/C13H14N4S/c1-3-12-16-10-5-4-8(6-11(10)18-12)9-7-15-17(2)13(9)14/h4-7H,3,14H2,1-2H3. The van der Waals surface area contributed by atoms with E-state index in [1.54, 1.807) is 22.2 Å². The third-order valence-corrected chi connectivity index (χ3v) is 4.19. The molecule has 0 unspecified atom stereocenters. The van der Waals surface area contributed by atoms with Crippen LogP contribution < -0.4 is 5.73 Å². The first-order valence-electron chi connectivity index (χ1n) is 5.86. The van der Waals surface area contributed by atoms with Crippen LogP contribution in [0.1, 0.15) is 11.9 Å². The van der Waals surface area contributed by atoms with Crippen molar-refractivity contribution >= 4 is 27.4 Å². The number of rotatable bonds is 2. The summed E-state index contributed by atoms with van der Waals surface area (Å²) in [7, 11) is 1.85. The lowest BCUT2D eigenvalue weighted by molar-refractivity contribution is 0.779. The summed E-state index contributed by atoms with van der Waals surface area (Å²) in [5.74, 6) is 0.689. The second-order valence-electron chi connectivity index (χ2n) is 4.21. The van der Waals surface area contributed by atoms with Gasteiger partial charge in [0.1, 0.15) is 5.82 Å². The van der Waals surface area contributed by atoms with Crippen molar-refractivity contribution in [2.45, 2.75) is 13.3 Å². The lowest BCUT2D eigenvalue weighted by Crippen LogP contribution is -1.97. The van der Waals surface area contributed by atoms with Gasteiger partial charge < -0.3 is 5.73 Å². The highest BCUT2D eigenvalue weighted by atomic mass is 32.1. The fourth-order valence-electron chi connectivity index (χ4n) is 1.96. The van der Waals surface area contributed by atoms with Gasteiger partial charge >= 0.3 is 0 Å². The zero-order chi connectivity index (χ0) is 12.7. The van der Waals surface area contributed by atoms with Crippen molar-refractivity contribution in [3.63, 3.8) is 0 Å². The van der Waals surface area contributed by atoms with Gasteiger partial charge in [-0.25, -0.2) is 4.98 Å². The maximum atomic E-state index is 6.00. The molecular weight excluding hydrogens is 244 g/mol. The van der Waals surface area contributed by atoms with E-state index >= 15 is 0 Å². The molecule has 0 aliphatic heterocycles. The van der Waals surface area contributed by atoms with E-state index in [-0.39, 0.29) is 0 Å². The second-order valence-corrected chi connectivity index (χ2v) is 5.33. The van der Waals surface area contributed by atoms with Crippen molar-refractivity contribution in [3.05, 3.63) is 29.4 Å². The molecule has 92 valence electrons. The maximum Gasteiger partial charge on any atom is 0.129 e. The summed E-state index contributed by atoms with van der Waals surface area (Å²) in [6.07, 6.45) is 2.78. The number of nitrogens with zero attached hydrogens (tertiary/aromatic N) is 3. The molecule has 2 aromatic heterocycles. The van der Waals surface area contributed by atoms with E-state index in [9.17, 15) is 0 Å². The number of aromatic nitrogens is 3. The van der Waals surface area contributed by atoms with Crippen molar-refractivity contribution in [2.75, 3.05) is 5.73 Å². The number of nitrogen functional groups attached to an aromatic ring is 1. The fraction of sp³-hybridized carbons (Fsp3) is 0.231. The molecule has 0 amide bonds. The number of aryl methyl sites for hydroxylation is 2. The first-order chi connectivity index (χ1) is 8.69. The molecule has 0 saturated heterocycles. The molecule has 0 atom stereocenters. The second kappa shape index (κ2) is 4.10. The van der Waals surface area contributed by atoms with Crippen molar-refractivity contribution in [2.24, 2.45) is 7.05 Å². The van der Waals surface area contributed by atoms with Crippen molar-refractivity contribution in [3.8, 4) is 11.1 Å². The number of benzene rings is 1. The van der Waals surface area contributed by atoms with Gasteiger partial charge in [-0.3, -0.25) is 4.68 Å². The van der Waals surface area contributed by atoms with Crippen LogP contribution in [0.2, 0.25) is 0 Å². The predicted molar refractivity (Wildman–Crippen MR) is 75.6 cm³/mol. The average molecular weight is 258 g/mol. The third kappa shape index (κ3) is 1.67. The fourth-order valence-corrected chi connectivity index (χ4v) is 2.91. The first kappa shape index (κ1) is 11.2. The third-order valence-electron chi connectivity index (χ3n) is 3.03. The van der Waals surface area contributed by atoms with Gasteiger partial charge in [0, 0.05) is 12.6 Å². The van der Waals surface area contributed by atoms with E-state index in [2.05, 4.69) is 29.1 Å². The van der Waals surface area contributed by atoms with Crippen LogP contribution >= 0.6 is 11.3 Å². The highest BCUT2D eigenvalue weighted by Crippen LogP contribution is 2.30. The number of hydrogen-bond donors (Lipinski definition) is 1. The first-order valence-corrected chi connectivity index (χ1v) is 6.68. The van der Waals surface area contributed by atoms with Crippen molar-refractivity contribution in [1.82, 2.24) is 14.8 Å². The Bertz CT molecular complexity index is 711. The maximum absolute atomic E-state index is 6.00. The number of thiazole rings is 1. The summed E-state index contributed by atoms with van der Waals surface area (Å²) in [5.41, 5.74) is 9.13. The van der Waals surface area contributed by atoms with E-state index in [4.69, 9.17) is 5.73 Å². The molecule has 18 heavy (non-hydrogen) atoms. The average Bonchev–Trinajstić information content (AvgIpc) is 2.93. The van der Waals surface area contributed by atoms with Crippen LogP contribution in [0.5, 0.6) is 0 Å². The van der Waals surface area contributed by atoms with Gasteiger partial charge in [0.2, 0.25) is 0 Å². The van der Waals surface area contributed by atoms with Crippen LogP contribution in [0, 0.1) is 0 Å². The lowest BCUT2D eigenvalue weighted by atomic mass is 10.1. The Morgan fingerprint density at radius 2 is 2.22 bits per heavy atom. The van der Waals surface area contributed by atoms with E-state index in [0.29, 0.717) is 5.82 Å². The molecule has 0 radical (unpaired) electrons. The van der Waals surface area contributed by atoms with Gasteiger partial charge in [0.05, 0.1) is 21.4 Å². The molecule has 0 spiro atoms. The number of anilines is 1. The van der Waals surface area contributed by atoms with Crippen molar-refractivity contribution < 1.29 is 0 Å². The zero-order valence-corrected chi connectivity index (χ0v) is 11.2. The smallest absolute Gasteiger partial charge is 0.129 e. The summed E-state index contributed by atoms with van der Waals surface area (Å²) >= 11 is 1.74. The monoisotopic (exact) mass is 258 g/mol. The highest BCUT2D eigenvalue weighted by molar-refractivity contribution is 7.18.